The summed E-state index contributed by atoms with van der Waals surface area (Å²) in [7, 11) is 2.54. The van der Waals surface area contributed by atoms with E-state index in [4.69, 9.17) is 4.74 Å². The van der Waals surface area contributed by atoms with Gasteiger partial charge in [0.1, 0.15) is 11.6 Å². The van der Waals surface area contributed by atoms with Crippen molar-refractivity contribution in [2.24, 2.45) is 0 Å². The number of hydrogen-bond donors (Lipinski definition) is 0. The Bertz CT molecular complexity index is 415. The van der Waals surface area contributed by atoms with Crippen molar-refractivity contribution in [1.29, 1.82) is 0 Å². The molecule has 0 atom stereocenters. The quantitative estimate of drug-likeness (QED) is 0.574. The first-order chi connectivity index (χ1) is 7.62. The molecule has 1 aromatic carbocycles. The number of hydrogen-bond acceptors (Lipinski definition) is 4. The first kappa shape index (κ1) is 12.2. The largest absolute Gasteiger partial charge is 0.496 e. The van der Waals surface area contributed by atoms with Gasteiger partial charge in [-0.05, 0) is 11.6 Å². The second kappa shape index (κ2) is 5.25. The highest BCUT2D eigenvalue weighted by molar-refractivity contribution is 5.85. The molecule has 1 aromatic rings. The molecule has 1 rings (SSSR count). The van der Waals surface area contributed by atoms with Crippen LogP contribution in [0.4, 0.5) is 4.39 Å². The molecule has 0 spiro atoms. The van der Waals surface area contributed by atoms with E-state index in [1.807, 2.05) is 0 Å². The molecule has 0 saturated carbocycles. The van der Waals surface area contributed by atoms with Gasteiger partial charge in [-0.1, -0.05) is 0 Å². The van der Waals surface area contributed by atoms with Crippen molar-refractivity contribution in [3.8, 4) is 5.75 Å². The highest BCUT2D eigenvalue weighted by atomic mass is 19.1. The van der Waals surface area contributed by atoms with Crippen LogP contribution in [-0.2, 0) is 16.0 Å². The number of benzene rings is 1. The van der Waals surface area contributed by atoms with Gasteiger partial charge < -0.3 is 9.47 Å². The number of carbonyl (C=O) groups excluding carboxylic acids is 2. The van der Waals surface area contributed by atoms with Crippen LogP contribution >= 0.6 is 0 Å². The van der Waals surface area contributed by atoms with Crippen LogP contribution in [0, 0.1) is 5.82 Å². The molecule has 0 aliphatic rings. The third-order valence-electron chi connectivity index (χ3n) is 2.09. The maximum Gasteiger partial charge on any atom is 0.310 e. The maximum absolute atomic E-state index is 13.1. The molecule has 4 nitrogen and oxygen atoms in total. The zero-order valence-corrected chi connectivity index (χ0v) is 8.95. The van der Waals surface area contributed by atoms with E-state index in [-0.39, 0.29) is 23.3 Å². The Hall–Kier alpha value is -1.91. The van der Waals surface area contributed by atoms with Gasteiger partial charge in [-0.25, -0.2) is 4.39 Å². The highest BCUT2D eigenvalue weighted by Crippen LogP contribution is 2.23. The summed E-state index contributed by atoms with van der Waals surface area (Å²) < 4.78 is 22.4. The molecule has 0 aromatic heterocycles. The van der Waals surface area contributed by atoms with Gasteiger partial charge in [0, 0.05) is 6.07 Å². The number of esters is 1. The van der Waals surface area contributed by atoms with E-state index in [0.717, 1.165) is 12.1 Å². The van der Waals surface area contributed by atoms with E-state index < -0.39 is 11.8 Å². The van der Waals surface area contributed by atoms with Crippen LogP contribution in [0.15, 0.2) is 12.1 Å². The molecule has 0 aliphatic heterocycles. The van der Waals surface area contributed by atoms with Gasteiger partial charge in [-0.15, -0.1) is 0 Å². The number of carbonyl (C=O) groups is 2. The predicted octanol–water partition coefficient (Wildman–Crippen LogP) is 1.36. The van der Waals surface area contributed by atoms with Gasteiger partial charge in [0.05, 0.1) is 26.2 Å². The zero-order chi connectivity index (χ0) is 12.1. The summed E-state index contributed by atoms with van der Waals surface area (Å²) in [5.74, 6) is -1.01. The summed E-state index contributed by atoms with van der Waals surface area (Å²) in [6, 6.07) is 2.20. The molecule has 0 aliphatic carbocycles. The molecule has 0 heterocycles. The fraction of sp³-hybridized carbons (Fsp3) is 0.273. The molecule has 0 bridgehead atoms. The first-order valence-corrected chi connectivity index (χ1v) is 4.50. The Kier molecular flexibility index (Phi) is 3.99. The summed E-state index contributed by atoms with van der Waals surface area (Å²) in [6.07, 6.45) is 0.356. The van der Waals surface area contributed by atoms with E-state index in [1.165, 1.54) is 14.2 Å². The van der Waals surface area contributed by atoms with Gasteiger partial charge in [-0.2, -0.15) is 0 Å². The lowest BCUT2D eigenvalue weighted by Crippen LogP contribution is -2.08. The molecule has 5 heteroatoms. The number of aldehydes is 1. The fourth-order valence-corrected chi connectivity index (χ4v) is 1.32. The second-order valence-electron chi connectivity index (χ2n) is 3.05. The van der Waals surface area contributed by atoms with Crippen molar-refractivity contribution in [3.05, 3.63) is 29.1 Å². The number of methoxy groups -OCH3 is 2. The van der Waals surface area contributed by atoms with Crippen molar-refractivity contribution in [2.75, 3.05) is 14.2 Å². The minimum absolute atomic E-state index is 0.105. The lowest BCUT2D eigenvalue weighted by atomic mass is 10.0. The molecule has 16 heavy (non-hydrogen) atoms. The summed E-state index contributed by atoms with van der Waals surface area (Å²) in [5, 5.41) is 0. The van der Waals surface area contributed by atoms with Crippen molar-refractivity contribution in [3.63, 3.8) is 0 Å². The molecule has 0 fully saturated rings. The average Bonchev–Trinajstić information content (AvgIpc) is 2.28. The Morgan fingerprint density at radius 1 is 1.44 bits per heavy atom. The lowest BCUT2D eigenvalue weighted by molar-refractivity contribution is -0.139. The molecule has 0 radical (unpaired) electrons. The van der Waals surface area contributed by atoms with Crippen LogP contribution in [-0.4, -0.2) is 26.5 Å². The number of ether oxygens (including phenoxy) is 2. The van der Waals surface area contributed by atoms with Crippen LogP contribution in [0.25, 0.3) is 0 Å². The van der Waals surface area contributed by atoms with Crippen molar-refractivity contribution >= 4 is 12.3 Å². The fourth-order valence-electron chi connectivity index (χ4n) is 1.32. The summed E-state index contributed by atoms with van der Waals surface area (Å²) in [6.45, 7) is 0. The van der Waals surface area contributed by atoms with Crippen LogP contribution in [0.5, 0.6) is 5.75 Å². The van der Waals surface area contributed by atoms with Crippen molar-refractivity contribution < 1.29 is 23.5 Å². The SMILES string of the molecule is COC(=O)Cc1cc(F)cc(OC)c1C=O. The zero-order valence-electron chi connectivity index (χ0n) is 8.95. The highest BCUT2D eigenvalue weighted by Gasteiger charge is 2.14. The first-order valence-electron chi connectivity index (χ1n) is 4.50. The predicted molar refractivity (Wildman–Crippen MR) is 54.1 cm³/mol. The summed E-state index contributed by atoms with van der Waals surface area (Å²) in [5.41, 5.74) is 0.410. The van der Waals surface area contributed by atoms with Gasteiger partial charge >= 0.3 is 5.97 Å². The molecule has 0 amide bonds. The van der Waals surface area contributed by atoms with Crippen LogP contribution in [0.1, 0.15) is 15.9 Å². The second-order valence-corrected chi connectivity index (χ2v) is 3.05. The number of rotatable bonds is 4. The van der Waals surface area contributed by atoms with Gasteiger partial charge in [0.2, 0.25) is 0 Å². The standard InChI is InChI=1S/C11H11FO4/c1-15-10-5-8(12)3-7(9(10)6-13)4-11(14)16-2/h3,5-6H,4H2,1-2H3. The molecular formula is C11H11FO4. The number of halogens is 1. The third-order valence-corrected chi connectivity index (χ3v) is 2.09. The summed E-state index contributed by atoms with van der Waals surface area (Å²) >= 11 is 0. The van der Waals surface area contributed by atoms with E-state index in [2.05, 4.69) is 4.74 Å². The minimum Gasteiger partial charge on any atom is -0.496 e. The van der Waals surface area contributed by atoms with Crippen LogP contribution in [0.2, 0.25) is 0 Å². The third kappa shape index (κ3) is 2.56. The van der Waals surface area contributed by atoms with Gasteiger partial charge in [0.15, 0.2) is 6.29 Å². The molecule has 0 N–H and O–H groups in total. The van der Waals surface area contributed by atoms with Gasteiger partial charge in [-0.3, -0.25) is 9.59 Å². The Labute approximate surface area is 92.0 Å². The van der Waals surface area contributed by atoms with E-state index >= 15 is 0 Å². The molecule has 0 saturated heterocycles. The monoisotopic (exact) mass is 226 g/mol. The van der Waals surface area contributed by atoms with Crippen LogP contribution in [0.3, 0.4) is 0 Å². The maximum atomic E-state index is 13.1. The Balaban J connectivity index is 3.19. The minimum atomic E-state index is -0.568. The smallest absolute Gasteiger partial charge is 0.310 e. The Morgan fingerprint density at radius 3 is 2.62 bits per heavy atom. The van der Waals surface area contributed by atoms with E-state index in [9.17, 15) is 14.0 Å². The summed E-state index contributed by atoms with van der Waals surface area (Å²) in [4.78, 5) is 21.9. The van der Waals surface area contributed by atoms with Crippen molar-refractivity contribution in [2.45, 2.75) is 6.42 Å². The molecule has 0 unspecified atom stereocenters. The molecular weight excluding hydrogens is 215 g/mol. The normalized spacial score (nSPS) is 9.69. The van der Waals surface area contributed by atoms with E-state index in [0.29, 0.717) is 6.29 Å². The average molecular weight is 226 g/mol. The molecule has 86 valence electrons. The van der Waals surface area contributed by atoms with E-state index in [1.54, 1.807) is 0 Å². The lowest BCUT2D eigenvalue weighted by Gasteiger charge is -2.08. The van der Waals surface area contributed by atoms with Gasteiger partial charge in [0.25, 0.3) is 0 Å². The van der Waals surface area contributed by atoms with Crippen LogP contribution < -0.4 is 4.74 Å². The van der Waals surface area contributed by atoms with Crippen molar-refractivity contribution in [1.82, 2.24) is 0 Å². The topological polar surface area (TPSA) is 52.6 Å². The Morgan fingerprint density at radius 2 is 2.12 bits per heavy atom.